The molecule has 0 aliphatic rings. The molecule has 3 rings (SSSR count). The zero-order chi connectivity index (χ0) is 21.2. The average molecular weight is 414 g/mol. The van der Waals surface area contributed by atoms with Gasteiger partial charge in [-0.3, -0.25) is 10.1 Å². The molecule has 0 atom stereocenters. The Labute approximate surface area is 167 Å². The van der Waals surface area contributed by atoms with Gasteiger partial charge in [0, 0.05) is 28.8 Å². The van der Waals surface area contributed by atoms with Gasteiger partial charge in [-0.25, -0.2) is 23.5 Å². The Morgan fingerprint density at radius 2 is 1.59 bits per heavy atom. The highest BCUT2D eigenvalue weighted by atomic mass is 32.2. The van der Waals surface area contributed by atoms with Gasteiger partial charge < -0.3 is 10.6 Å². The number of nitro groups is 1. The number of nitro benzene ring substituents is 1. The highest BCUT2D eigenvalue weighted by Crippen LogP contribution is 2.31. The van der Waals surface area contributed by atoms with Crippen LogP contribution in [0.2, 0.25) is 0 Å². The van der Waals surface area contributed by atoms with Crippen LogP contribution in [-0.2, 0) is 10.0 Å². The number of aryl methyl sites for hydroxylation is 2. The first-order valence-corrected chi connectivity index (χ1v) is 9.94. The van der Waals surface area contributed by atoms with Gasteiger partial charge in [0.15, 0.2) is 0 Å². The molecule has 0 saturated heterocycles. The lowest BCUT2D eigenvalue weighted by atomic mass is 10.2. The largest absolute Gasteiger partial charge is 0.350 e. The number of nitrogens with one attached hydrogen (secondary N) is 2. The van der Waals surface area contributed by atoms with Crippen LogP contribution in [0.25, 0.3) is 0 Å². The molecule has 0 aliphatic heterocycles. The number of aromatic nitrogens is 2. The summed E-state index contributed by atoms with van der Waals surface area (Å²) in [5, 5.41) is 22.4. The number of hydrogen-bond acceptors (Lipinski definition) is 8. The summed E-state index contributed by atoms with van der Waals surface area (Å²) in [6.07, 6.45) is 0. The Hall–Kier alpha value is -3.57. The van der Waals surface area contributed by atoms with E-state index in [1.807, 2.05) is 19.9 Å². The molecule has 0 spiro atoms. The molecule has 4 N–H and O–H groups in total. The fourth-order valence-corrected chi connectivity index (χ4v) is 3.22. The van der Waals surface area contributed by atoms with Crippen molar-refractivity contribution < 1.29 is 13.3 Å². The van der Waals surface area contributed by atoms with Gasteiger partial charge in [0.05, 0.1) is 9.82 Å². The van der Waals surface area contributed by atoms with Crippen molar-refractivity contribution in [3.05, 3.63) is 70.0 Å². The number of benzene rings is 2. The third-order valence-electron chi connectivity index (χ3n) is 3.87. The molecular formula is C18H18N6O4S. The van der Waals surface area contributed by atoms with Crippen molar-refractivity contribution >= 4 is 38.7 Å². The second kappa shape index (κ2) is 7.81. The van der Waals surface area contributed by atoms with Gasteiger partial charge in [-0.2, -0.15) is 0 Å². The number of nitrogens with zero attached hydrogens (tertiary/aromatic N) is 3. The third-order valence-corrected chi connectivity index (χ3v) is 4.79. The lowest BCUT2D eigenvalue weighted by Gasteiger charge is -2.11. The number of hydrogen-bond donors (Lipinski definition) is 3. The van der Waals surface area contributed by atoms with Gasteiger partial charge in [-0.15, -0.1) is 0 Å². The Balaban J connectivity index is 1.89. The minimum Gasteiger partial charge on any atom is -0.350 e. The van der Waals surface area contributed by atoms with E-state index >= 15 is 0 Å². The fraction of sp³-hybridized carbons (Fsp3) is 0.111. The molecule has 0 fully saturated rings. The zero-order valence-corrected chi connectivity index (χ0v) is 16.4. The number of primary sulfonamides is 1. The number of sulfonamides is 1. The van der Waals surface area contributed by atoms with E-state index in [0.29, 0.717) is 17.3 Å². The van der Waals surface area contributed by atoms with Crippen molar-refractivity contribution in [1.82, 2.24) is 9.97 Å². The highest BCUT2D eigenvalue weighted by molar-refractivity contribution is 7.89. The van der Waals surface area contributed by atoms with Crippen molar-refractivity contribution in [2.24, 2.45) is 5.14 Å². The summed E-state index contributed by atoms with van der Waals surface area (Å²) in [5.74, 6) is 0.433. The number of rotatable bonds is 6. The van der Waals surface area contributed by atoms with Crippen molar-refractivity contribution in [2.45, 2.75) is 18.7 Å². The molecule has 2 aromatic carbocycles. The Bertz CT molecular complexity index is 1180. The summed E-state index contributed by atoms with van der Waals surface area (Å²) >= 11 is 0. The molecule has 3 aromatic rings. The zero-order valence-electron chi connectivity index (χ0n) is 15.6. The van der Waals surface area contributed by atoms with Gasteiger partial charge >= 0.3 is 0 Å². The molecule has 1 aromatic heterocycles. The smallest absolute Gasteiger partial charge is 0.294 e. The lowest BCUT2D eigenvalue weighted by molar-refractivity contribution is -0.384. The Morgan fingerprint density at radius 3 is 2.17 bits per heavy atom. The molecule has 0 saturated carbocycles. The fourth-order valence-electron chi connectivity index (χ4n) is 2.69. The highest BCUT2D eigenvalue weighted by Gasteiger charge is 2.19. The predicted molar refractivity (Wildman–Crippen MR) is 109 cm³/mol. The Morgan fingerprint density at radius 1 is 0.966 bits per heavy atom. The van der Waals surface area contributed by atoms with E-state index in [4.69, 9.17) is 5.14 Å². The maximum Gasteiger partial charge on any atom is 0.294 e. The van der Waals surface area contributed by atoms with Crippen molar-refractivity contribution in [3.63, 3.8) is 0 Å². The molecular weight excluding hydrogens is 396 g/mol. The summed E-state index contributed by atoms with van der Waals surface area (Å²) in [6.45, 7) is 3.73. The first-order valence-electron chi connectivity index (χ1n) is 8.39. The number of nitrogens with two attached hydrogens (primary N) is 1. The molecule has 0 radical (unpaired) electrons. The molecule has 0 bridgehead atoms. The maximum atomic E-state index is 11.5. The summed E-state index contributed by atoms with van der Waals surface area (Å²) in [4.78, 5) is 19.0. The van der Waals surface area contributed by atoms with Gasteiger partial charge in [0.25, 0.3) is 5.69 Å². The summed E-state index contributed by atoms with van der Waals surface area (Å²) in [7, 11) is -4.05. The third kappa shape index (κ3) is 5.03. The first-order chi connectivity index (χ1) is 13.6. The molecule has 0 unspecified atom stereocenters. The summed E-state index contributed by atoms with van der Waals surface area (Å²) in [5.41, 5.74) is 2.57. The van der Waals surface area contributed by atoms with E-state index in [0.717, 1.165) is 17.5 Å². The monoisotopic (exact) mass is 414 g/mol. The van der Waals surface area contributed by atoms with Crippen LogP contribution in [0.3, 0.4) is 0 Å². The van der Waals surface area contributed by atoms with Gasteiger partial charge in [0.2, 0.25) is 16.0 Å². The van der Waals surface area contributed by atoms with Crippen LogP contribution in [0, 0.1) is 24.0 Å². The standard InChI is InChI=1S/C18H18N6O4S/c1-11-8-12(2)21-18(20-11)23-14-5-3-4-13(9-14)22-16-7-6-15(29(19,27)28)10-17(16)24(25)26/h3-10,22H,1-2H3,(H2,19,27,28)(H,20,21,23). The average Bonchev–Trinajstić information content (AvgIpc) is 2.60. The normalized spacial score (nSPS) is 11.1. The quantitative estimate of drug-likeness (QED) is 0.411. The van der Waals surface area contributed by atoms with Crippen LogP contribution < -0.4 is 15.8 Å². The molecule has 0 amide bonds. The second-order valence-electron chi connectivity index (χ2n) is 6.29. The van der Waals surface area contributed by atoms with E-state index in [9.17, 15) is 18.5 Å². The van der Waals surface area contributed by atoms with Crippen molar-refractivity contribution in [1.29, 1.82) is 0 Å². The minimum atomic E-state index is -4.05. The summed E-state index contributed by atoms with van der Waals surface area (Å²) < 4.78 is 22.9. The molecule has 10 nitrogen and oxygen atoms in total. The lowest BCUT2D eigenvalue weighted by Crippen LogP contribution is -2.12. The van der Waals surface area contributed by atoms with Crippen molar-refractivity contribution in [3.8, 4) is 0 Å². The second-order valence-corrected chi connectivity index (χ2v) is 7.85. The predicted octanol–water partition coefficient (Wildman–Crippen LogP) is 3.14. The maximum absolute atomic E-state index is 11.5. The van der Waals surface area contributed by atoms with Crippen LogP contribution in [0.1, 0.15) is 11.4 Å². The van der Waals surface area contributed by atoms with Crippen molar-refractivity contribution in [2.75, 3.05) is 10.6 Å². The van der Waals surface area contributed by atoms with E-state index < -0.39 is 20.6 Å². The molecule has 0 aliphatic carbocycles. The van der Waals surface area contributed by atoms with E-state index in [1.165, 1.54) is 12.1 Å². The topological polar surface area (TPSA) is 153 Å². The first kappa shape index (κ1) is 20.2. The van der Waals surface area contributed by atoms with E-state index in [2.05, 4.69) is 20.6 Å². The molecule has 29 heavy (non-hydrogen) atoms. The van der Waals surface area contributed by atoms with Gasteiger partial charge in [0.1, 0.15) is 5.69 Å². The van der Waals surface area contributed by atoms with Gasteiger partial charge in [-0.1, -0.05) is 6.07 Å². The molecule has 150 valence electrons. The Kier molecular flexibility index (Phi) is 5.43. The van der Waals surface area contributed by atoms with Crippen LogP contribution in [0.4, 0.5) is 28.7 Å². The van der Waals surface area contributed by atoms with Gasteiger partial charge in [-0.05, 0) is 50.2 Å². The summed E-state index contributed by atoms with van der Waals surface area (Å²) in [6, 6.07) is 12.3. The van der Waals surface area contributed by atoms with Crippen LogP contribution >= 0.6 is 0 Å². The number of anilines is 4. The van der Waals surface area contributed by atoms with Crippen LogP contribution in [-0.4, -0.2) is 23.3 Å². The minimum absolute atomic E-state index is 0.127. The SMILES string of the molecule is Cc1cc(C)nc(Nc2cccc(Nc3ccc(S(N)(=O)=O)cc3[N+](=O)[O-])c2)n1. The van der Waals surface area contributed by atoms with E-state index in [1.54, 1.807) is 24.3 Å². The van der Waals surface area contributed by atoms with E-state index in [-0.39, 0.29) is 10.6 Å². The molecule has 11 heteroatoms. The molecule has 1 heterocycles. The van der Waals surface area contributed by atoms with Crippen LogP contribution in [0.15, 0.2) is 53.4 Å². The van der Waals surface area contributed by atoms with Crippen LogP contribution in [0.5, 0.6) is 0 Å².